The van der Waals surface area contributed by atoms with Crippen molar-refractivity contribution in [1.29, 1.82) is 0 Å². The molecule has 1 aromatic heterocycles. The van der Waals surface area contributed by atoms with Crippen molar-refractivity contribution >= 4 is 17.5 Å². The van der Waals surface area contributed by atoms with E-state index < -0.39 is 0 Å². The minimum Gasteiger partial charge on any atom is -0.482 e. The number of rotatable bonds is 8. The topological polar surface area (TPSA) is 81.0 Å². The molecule has 0 saturated carbocycles. The molecule has 2 amide bonds. The van der Waals surface area contributed by atoms with Crippen LogP contribution in [0.15, 0.2) is 34.7 Å². The quantitative estimate of drug-likeness (QED) is 0.688. The van der Waals surface area contributed by atoms with Gasteiger partial charge in [0.05, 0.1) is 18.8 Å². The summed E-state index contributed by atoms with van der Waals surface area (Å²) in [6.07, 6.45) is 0.973. The molecule has 7 nitrogen and oxygen atoms in total. The van der Waals surface area contributed by atoms with Gasteiger partial charge in [-0.2, -0.15) is 0 Å². The highest BCUT2D eigenvalue weighted by molar-refractivity contribution is 5.98. The summed E-state index contributed by atoms with van der Waals surface area (Å²) in [5.41, 5.74) is 1.85. The Morgan fingerprint density at radius 2 is 2.07 bits per heavy atom. The standard InChI is InChI=1S/C22H28N2O5/c1-5-22(2,3)15-6-8-18-17(12-15)24(20(25)14-28-18)13-16-7-9-19(29-16)21(26)23-10-11-27-4/h6-9,12H,5,10-11,13-14H2,1-4H3,(H,23,26). The number of benzene rings is 1. The summed E-state index contributed by atoms with van der Waals surface area (Å²) in [6.45, 7) is 7.52. The number of ether oxygens (including phenoxy) is 2. The van der Waals surface area contributed by atoms with Crippen LogP contribution in [0.3, 0.4) is 0 Å². The molecule has 1 aliphatic heterocycles. The zero-order chi connectivity index (χ0) is 21.0. The molecule has 2 heterocycles. The molecule has 7 heteroatoms. The number of anilines is 1. The van der Waals surface area contributed by atoms with Crippen LogP contribution in [0.4, 0.5) is 5.69 Å². The van der Waals surface area contributed by atoms with Crippen molar-refractivity contribution in [3.05, 3.63) is 47.4 Å². The molecule has 2 aromatic rings. The van der Waals surface area contributed by atoms with E-state index in [1.165, 1.54) is 0 Å². The fourth-order valence-electron chi connectivity index (χ4n) is 3.10. The van der Waals surface area contributed by atoms with Crippen LogP contribution in [0.1, 0.15) is 49.1 Å². The lowest BCUT2D eigenvalue weighted by Gasteiger charge is -2.31. The van der Waals surface area contributed by atoms with E-state index >= 15 is 0 Å². The number of fused-ring (bicyclic) bond motifs is 1. The summed E-state index contributed by atoms with van der Waals surface area (Å²) in [5, 5.41) is 2.71. The van der Waals surface area contributed by atoms with Crippen LogP contribution >= 0.6 is 0 Å². The highest BCUT2D eigenvalue weighted by Crippen LogP contribution is 2.38. The van der Waals surface area contributed by atoms with Gasteiger partial charge in [-0.15, -0.1) is 0 Å². The third kappa shape index (κ3) is 4.62. The van der Waals surface area contributed by atoms with Gasteiger partial charge in [0.2, 0.25) is 0 Å². The number of nitrogens with zero attached hydrogens (tertiary/aromatic N) is 1. The van der Waals surface area contributed by atoms with E-state index in [9.17, 15) is 9.59 Å². The second-order valence-corrected chi connectivity index (χ2v) is 7.70. The number of amides is 2. The van der Waals surface area contributed by atoms with E-state index in [1.807, 2.05) is 18.2 Å². The first-order valence-corrected chi connectivity index (χ1v) is 9.79. The van der Waals surface area contributed by atoms with Crippen LogP contribution in [-0.2, 0) is 21.5 Å². The third-order valence-corrected chi connectivity index (χ3v) is 5.36. The van der Waals surface area contributed by atoms with E-state index in [4.69, 9.17) is 13.9 Å². The first-order chi connectivity index (χ1) is 13.9. The predicted molar refractivity (Wildman–Crippen MR) is 109 cm³/mol. The van der Waals surface area contributed by atoms with Gasteiger partial charge in [0.1, 0.15) is 11.5 Å². The van der Waals surface area contributed by atoms with E-state index in [1.54, 1.807) is 24.1 Å². The van der Waals surface area contributed by atoms with Crippen LogP contribution in [0, 0.1) is 0 Å². The predicted octanol–water partition coefficient (Wildman–Crippen LogP) is 3.27. The Kier molecular flexibility index (Phi) is 6.27. The third-order valence-electron chi connectivity index (χ3n) is 5.36. The van der Waals surface area contributed by atoms with Gasteiger partial charge in [0, 0.05) is 13.7 Å². The molecular formula is C22H28N2O5. The number of furan rings is 1. The first kappa shape index (κ1) is 20.9. The van der Waals surface area contributed by atoms with Crippen LogP contribution in [0.5, 0.6) is 5.75 Å². The zero-order valence-corrected chi connectivity index (χ0v) is 17.4. The Morgan fingerprint density at radius 1 is 1.28 bits per heavy atom. The lowest BCUT2D eigenvalue weighted by atomic mass is 9.82. The molecule has 29 heavy (non-hydrogen) atoms. The van der Waals surface area contributed by atoms with Gasteiger partial charge in [-0.05, 0) is 41.7 Å². The molecule has 0 atom stereocenters. The number of methoxy groups -OCH3 is 1. The van der Waals surface area contributed by atoms with E-state index in [0.29, 0.717) is 24.7 Å². The van der Waals surface area contributed by atoms with E-state index in [0.717, 1.165) is 17.7 Å². The molecule has 1 aromatic carbocycles. The molecule has 1 N–H and O–H groups in total. The van der Waals surface area contributed by atoms with Crippen LogP contribution < -0.4 is 15.0 Å². The molecule has 0 radical (unpaired) electrons. The minimum atomic E-state index is -0.311. The lowest BCUT2D eigenvalue weighted by Crippen LogP contribution is -2.38. The summed E-state index contributed by atoms with van der Waals surface area (Å²) in [6, 6.07) is 9.30. The van der Waals surface area contributed by atoms with E-state index in [-0.39, 0.29) is 36.1 Å². The Morgan fingerprint density at radius 3 is 2.79 bits per heavy atom. The minimum absolute atomic E-state index is 0.0145. The fourth-order valence-corrected chi connectivity index (χ4v) is 3.10. The Bertz CT molecular complexity index is 887. The maximum absolute atomic E-state index is 12.6. The van der Waals surface area contributed by atoms with E-state index in [2.05, 4.69) is 26.1 Å². The number of nitrogens with one attached hydrogen (secondary N) is 1. The molecule has 0 saturated heterocycles. The van der Waals surface area contributed by atoms with Crippen molar-refractivity contribution < 1.29 is 23.5 Å². The second kappa shape index (κ2) is 8.69. The monoisotopic (exact) mass is 400 g/mol. The zero-order valence-electron chi connectivity index (χ0n) is 17.4. The van der Waals surface area contributed by atoms with Gasteiger partial charge < -0.3 is 19.2 Å². The largest absolute Gasteiger partial charge is 0.482 e. The van der Waals surface area contributed by atoms with Crippen molar-refractivity contribution in [2.45, 2.75) is 39.2 Å². The smallest absolute Gasteiger partial charge is 0.287 e. The summed E-state index contributed by atoms with van der Waals surface area (Å²) in [4.78, 5) is 26.3. The van der Waals surface area contributed by atoms with Crippen molar-refractivity contribution in [1.82, 2.24) is 5.32 Å². The molecule has 3 rings (SSSR count). The van der Waals surface area contributed by atoms with Crippen molar-refractivity contribution in [3.63, 3.8) is 0 Å². The average molecular weight is 400 g/mol. The Balaban J connectivity index is 1.81. The van der Waals surface area contributed by atoms with Crippen LogP contribution in [0.2, 0.25) is 0 Å². The van der Waals surface area contributed by atoms with Crippen LogP contribution in [0.25, 0.3) is 0 Å². The number of carbonyl (C=O) groups excluding carboxylic acids is 2. The molecule has 0 bridgehead atoms. The van der Waals surface area contributed by atoms with Gasteiger partial charge in [0.15, 0.2) is 12.4 Å². The molecule has 156 valence electrons. The maximum atomic E-state index is 12.6. The van der Waals surface area contributed by atoms with Gasteiger partial charge in [0.25, 0.3) is 11.8 Å². The SMILES string of the molecule is CCC(C)(C)c1ccc2c(c1)N(Cc1ccc(C(=O)NCCOC)o1)C(=O)CO2. The van der Waals surface area contributed by atoms with Crippen molar-refractivity contribution in [3.8, 4) is 5.75 Å². The molecule has 0 fully saturated rings. The van der Waals surface area contributed by atoms with Gasteiger partial charge >= 0.3 is 0 Å². The van der Waals surface area contributed by atoms with Gasteiger partial charge in [-0.3, -0.25) is 14.5 Å². The average Bonchev–Trinajstić information content (AvgIpc) is 3.18. The highest BCUT2D eigenvalue weighted by atomic mass is 16.5. The molecule has 0 aliphatic carbocycles. The lowest BCUT2D eigenvalue weighted by molar-refractivity contribution is -0.121. The van der Waals surface area contributed by atoms with Gasteiger partial charge in [-0.25, -0.2) is 0 Å². The molecule has 0 spiro atoms. The molecule has 1 aliphatic rings. The van der Waals surface area contributed by atoms with Crippen molar-refractivity contribution in [2.24, 2.45) is 0 Å². The van der Waals surface area contributed by atoms with Crippen LogP contribution in [-0.4, -0.2) is 38.7 Å². The Labute approximate surface area is 171 Å². The second-order valence-electron chi connectivity index (χ2n) is 7.70. The summed E-state index contributed by atoms with van der Waals surface area (Å²) >= 11 is 0. The van der Waals surface area contributed by atoms with Gasteiger partial charge in [-0.1, -0.05) is 26.8 Å². The maximum Gasteiger partial charge on any atom is 0.287 e. The summed E-state index contributed by atoms with van der Waals surface area (Å²) in [5.74, 6) is 0.950. The Hall–Kier alpha value is -2.80. The van der Waals surface area contributed by atoms with Crippen molar-refractivity contribution in [2.75, 3.05) is 31.8 Å². The number of hydrogen-bond acceptors (Lipinski definition) is 5. The normalized spacial score (nSPS) is 13.8. The molecular weight excluding hydrogens is 372 g/mol. The number of carbonyl (C=O) groups is 2. The molecule has 0 unspecified atom stereocenters. The fraction of sp³-hybridized carbons (Fsp3) is 0.455. The summed E-state index contributed by atoms with van der Waals surface area (Å²) in [7, 11) is 1.57. The highest BCUT2D eigenvalue weighted by Gasteiger charge is 2.29. The first-order valence-electron chi connectivity index (χ1n) is 9.79. The summed E-state index contributed by atoms with van der Waals surface area (Å²) < 4.78 is 16.2. The number of hydrogen-bond donors (Lipinski definition) is 1.